The number of benzene rings is 1. The van der Waals surface area contributed by atoms with E-state index >= 15 is 0 Å². The van der Waals surface area contributed by atoms with Crippen molar-refractivity contribution in [3.05, 3.63) is 52.4 Å². The van der Waals surface area contributed by atoms with Crippen molar-refractivity contribution in [3.63, 3.8) is 0 Å². The van der Waals surface area contributed by atoms with Crippen molar-refractivity contribution in [2.75, 3.05) is 0 Å². The number of hydrogen-bond acceptors (Lipinski definition) is 3. The Kier molecular flexibility index (Phi) is 9.26. The molecule has 0 aliphatic rings. The van der Waals surface area contributed by atoms with Crippen LogP contribution in [0.5, 0.6) is 0 Å². The van der Waals surface area contributed by atoms with Crippen LogP contribution in [-0.4, -0.2) is 16.1 Å². The third-order valence-electron chi connectivity index (χ3n) is 1.08. The minimum Gasteiger partial charge on any atom is -0.481 e. The molecule has 0 atom stereocenters. The highest BCUT2D eigenvalue weighted by Crippen LogP contribution is 2.03. The van der Waals surface area contributed by atoms with Crippen molar-refractivity contribution >= 4 is 28.9 Å². The third kappa shape index (κ3) is 12.6. The zero-order valence-electron chi connectivity index (χ0n) is 8.71. The number of aliphatic carboxylic acids is 1. The van der Waals surface area contributed by atoms with Gasteiger partial charge in [-0.05, 0) is 12.1 Å². The van der Waals surface area contributed by atoms with Crippen molar-refractivity contribution < 1.29 is 9.90 Å². The van der Waals surface area contributed by atoms with E-state index in [1.54, 1.807) is 23.0 Å². The largest absolute Gasteiger partial charge is 0.481 e. The van der Waals surface area contributed by atoms with Crippen LogP contribution in [0.3, 0.4) is 0 Å². The highest BCUT2D eigenvalue weighted by Gasteiger charge is 1.74. The summed E-state index contributed by atoms with van der Waals surface area (Å²) in [6.45, 7) is 1.08. The lowest BCUT2D eigenvalue weighted by molar-refractivity contribution is -0.134. The minimum absolute atomic E-state index is 0.794. The fraction of sp³-hybridized carbons (Fsp3) is 0.0909. The smallest absolute Gasteiger partial charge is 0.300 e. The fourth-order valence-electron chi connectivity index (χ4n) is 0.590. The first kappa shape index (κ1) is 14.6. The van der Waals surface area contributed by atoms with Gasteiger partial charge in [-0.25, -0.2) is 0 Å². The second-order valence-corrected chi connectivity index (χ2v) is 3.68. The van der Waals surface area contributed by atoms with E-state index in [0.29, 0.717) is 0 Å². The summed E-state index contributed by atoms with van der Waals surface area (Å²) in [6, 6.07) is 9.44. The van der Waals surface area contributed by atoms with E-state index in [4.69, 9.17) is 21.5 Å². The zero-order chi connectivity index (χ0) is 12.2. The topological polar surface area (TPSA) is 50.2 Å². The summed E-state index contributed by atoms with van der Waals surface area (Å²) >= 11 is 7.14. The van der Waals surface area contributed by atoms with Gasteiger partial charge in [0.25, 0.3) is 5.97 Å². The van der Waals surface area contributed by atoms with Crippen LogP contribution >= 0.6 is 22.9 Å². The maximum Gasteiger partial charge on any atom is 0.300 e. The molecule has 0 saturated heterocycles. The third-order valence-corrected chi connectivity index (χ3v) is 1.85. The summed E-state index contributed by atoms with van der Waals surface area (Å²) < 4.78 is 0. The highest BCUT2D eigenvalue weighted by atomic mass is 35.5. The normalized spacial score (nSPS) is 7.88. The van der Waals surface area contributed by atoms with Gasteiger partial charge in [-0.2, -0.15) is 0 Å². The van der Waals surface area contributed by atoms with Crippen molar-refractivity contribution in [2.45, 2.75) is 6.92 Å². The standard InChI is InChI=1S/C6H5Cl.C3H3NS.C2H4O2/c7-6-4-2-1-3-5-6;1-2-5-3-4-1;1-2(3)4/h1-5H;1-3H;1H3,(H,3,4). The maximum absolute atomic E-state index is 9.00. The molecule has 16 heavy (non-hydrogen) atoms. The quantitative estimate of drug-likeness (QED) is 0.785. The molecule has 3 nitrogen and oxygen atoms in total. The molecule has 2 aromatic rings. The second kappa shape index (κ2) is 10.1. The van der Waals surface area contributed by atoms with Gasteiger partial charge >= 0.3 is 0 Å². The Morgan fingerprint density at radius 3 is 2.12 bits per heavy atom. The molecule has 0 bridgehead atoms. The number of carbonyl (C=O) groups is 1. The number of carboxylic acids is 1. The lowest BCUT2D eigenvalue weighted by Gasteiger charge is -1.80. The maximum atomic E-state index is 9.00. The molecule has 1 heterocycles. The van der Waals surface area contributed by atoms with E-state index in [1.807, 2.05) is 35.7 Å². The Bertz CT molecular complexity index is 344. The van der Waals surface area contributed by atoms with Gasteiger partial charge in [0.1, 0.15) is 0 Å². The van der Waals surface area contributed by atoms with Crippen LogP contribution in [0, 0.1) is 0 Å². The molecule has 5 heteroatoms. The summed E-state index contributed by atoms with van der Waals surface area (Å²) in [6.07, 6.45) is 1.77. The Morgan fingerprint density at radius 2 is 1.94 bits per heavy atom. The number of carboxylic acid groups (broad SMARTS) is 1. The molecule has 0 unspecified atom stereocenters. The van der Waals surface area contributed by atoms with Gasteiger partial charge in [0, 0.05) is 23.5 Å². The molecule has 1 N–H and O–H groups in total. The predicted octanol–water partition coefficient (Wildman–Crippen LogP) is 3.57. The molecule has 1 aromatic carbocycles. The molecular formula is C11H12ClNO2S. The summed E-state index contributed by atoms with van der Waals surface area (Å²) in [4.78, 5) is 12.7. The van der Waals surface area contributed by atoms with Crippen LogP contribution in [0.15, 0.2) is 47.4 Å². The lowest BCUT2D eigenvalue weighted by atomic mass is 10.4. The van der Waals surface area contributed by atoms with Gasteiger partial charge in [0.05, 0.1) is 5.51 Å². The molecule has 0 aliphatic heterocycles. The predicted molar refractivity (Wildman–Crippen MR) is 66.9 cm³/mol. The van der Waals surface area contributed by atoms with Gasteiger partial charge in [-0.1, -0.05) is 29.8 Å². The number of rotatable bonds is 0. The van der Waals surface area contributed by atoms with Crippen LogP contribution in [0.1, 0.15) is 6.92 Å². The first-order valence-electron chi connectivity index (χ1n) is 4.35. The summed E-state index contributed by atoms with van der Waals surface area (Å²) in [5.74, 6) is -0.833. The van der Waals surface area contributed by atoms with E-state index in [0.717, 1.165) is 11.9 Å². The average molecular weight is 258 g/mol. The lowest BCUT2D eigenvalue weighted by Crippen LogP contribution is -1.78. The Balaban J connectivity index is 0.000000222. The van der Waals surface area contributed by atoms with Gasteiger partial charge < -0.3 is 5.11 Å². The second-order valence-electron chi connectivity index (χ2n) is 2.49. The van der Waals surface area contributed by atoms with E-state index in [2.05, 4.69) is 4.98 Å². The van der Waals surface area contributed by atoms with Crippen LogP contribution in [-0.2, 0) is 4.79 Å². The number of halogens is 1. The molecule has 0 spiro atoms. The van der Waals surface area contributed by atoms with E-state index in [9.17, 15) is 0 Å². The Labute approximate surface area is 103 Å². The molecule has 2 rings (SSSR count). The van der Waals surface area contributed by atoms with Crippen LogP contribution in [0.2, 0.25) is 5.02 Å². The first-order chi connectivity index (χ1) is 7.63. The van der Waals surface area contributed by atoms with E-state index in [1.165, 1.54) is 0 Å². The molecule has 0 amide bonds. The number of aromatic nitrogens is 1. The SMILES string of the molecule is CC(=O)O.Clc1ccccc1.c1cscn1. The van der Waals surface area contributed by atoms with Crippen molar-refractivity contribution in [1.29, 1.82) is 0 Å². The van der Waals surface area contributed by atoms with Crippen LogP contribution in [0.25, 0.3) is 0 Å². The molecule has 0 radical (unpaired) electrons. The van der Waals surface area contributed by atoms with Crippen molar-refractivity contribution in [3.8, 4) is 0 Å². The summed E-state index contributed by atoms with van der Waals surface area (Å²) in [5, 5.41) is 10.1. The van der Waals surface area contributed by atoms with Gasteiger partial charge in [-0.15, -0.1) is 11.3 Å². The Hall–Kier alpha value is -1.39. The first-order valence-corrected chi connectivity index (χ1v) is 5.67. The monoisotopic (exact) mass is 257 g/mol. The van der Waals surface area contributed by atoms with Gasteiger partial charge in [0.2, 0.25) is 0 Å². The van der Waals surface area contributed by atoms with Crippen LogP contribution < -0.4 is 0 Å². The molecule has 1 aromatic heterocycles. The number of hydrogen-bond donors (Lipinski definition) is 1. The minimum atomic E-state index is -0.833. The van der Waals surface area contributed by atoms with Crippen molar-refractivity contribution in [2.24, 2.45) is 0 Å². The van der Waals surface area contributed by atoms with E-state index in [-0.39, 0.29) is 0 Å². The Morgan fingerprint density at radius 1 is 1.38 bits per heavy atom. The summed E-state index contributed by atoms with van der Waals surface area (Å²) in [5.41, 5.74) is 1.79. The average Bonchev–Trinajstić information content (AvgIpc) is 2.75. The number of thiazole rings is 1. The summed E-state index contributed by atoms with van der Waals surface area (Å²) in [7, 11) is 0. The molecule has 86 valence electrons. The fourth-order valence-corrected chi connectivity index (χ4v) is 1.09. The zero-order valence-corrected chi connectivity index (χ0v) is 10.3. The van der Waals surface area contributed by atoms with Gasteiger partial charge in [-0.3, -0.25) is 9.78 Å². The number of nitrogens with zero attached hydrogens (tertiary/aromatic N) is 1. The highest BCUT2D eigenvalue weighted by molar-refractivity contribution is 7.07. The van der Waals surface area contributed by atoms with Gasteiger partial charge in [0.15, 0.2) is 0 Å². The molecule has 0 aliphatic carbocycles. The van der Waals surface area contributed by atoms with Crippen LogP contribution in [0.4, 0.5) is 0 Å². The molecule has 0 saturated carbocycles. The van der Waals surface area contributed by atoms with Crippen molar-refractivity contribution in [1.82, 2.24) is 4.98 Å². The molecular weight excluding hydrogens is 246 g/mol. The van der Waals surface area contributed by atoms with E-state index < -0.39 is 5.97 Å². The molecule has 0 fully saturated rings.